The van der Waals surface area contributed by atoms with Crippen LogP contribution in [0.3, 0.4) is 0 Å². The number of anilines is 1. The summed E-state index contributed by atoms with van der Waals surface area (Å²) < 4.78 is 40.5. The second-order valence-corrected chi connectivity index (χ2v) is 7.31. The molecular weight excluding hydrogens is 395 g/mol. The topological polar surface area (TPSA) is 73.1 Å². The molecule has 3 N–H and O–H groups in total. The Bertz CT molecular complexity index is 1060. The zero-order valence-electron chi connectivity index (χ0n) is 16.4. The molecule has 1 saturated heterocycles. The lowest BCUT2D eigenvalue weighted by molar-refractivity contribution is 0.0940. The van der Waals surface area contributed by atoms with Crippen LogP contribution in [0.2, 0.25) is 0 Å². The highest BCUT2D eigenvalue weighted by Gasteiger charge is 2.23. The molecule has 0 radical (unpaired) electrons. The van der Waals surface area contributed by atoms with E-state index in [2.05, 4.69) is 25.7 Å². The number of rotatable bonds is 5. The quantitative estimate of drug-likeness (QED) is 0.594. The molecule has 158 valence electrons. The van der Waals surface area contributed by atoms with E-state index >= 15 is 0 Å². The van der Waals surface area contributed by atoms with Crippen molar-refractivity contribution in [2.24, 2.45) is 0 Å². The Kier molecular flexibility index (Phi) is 5.63. The Hall–Kier alpha value is -3.07. The lowest BCUT2D eigenvalue weighted by Gasteiger charge is -2.30. The van der Waals surface area contributed by atoms with Crippen LogP contribution in [0, 0.1) is 5.82 Å². The van der Waals surface area contributed by atoms with Crippen molar-refractivity contribution in [3.63, 3.8) is 0 Å². The van der Waals surface area contributed by atoms with Crippen molar-refractivity contribution in [3.05, 3.63) is 59.0 Å². The van der Waals surface area contributed by atoms with Gasteiger partial charge in [0.25, 0.3) is 12.3 Å². The van der Waals surface area contributed by atoms with E-state index in [0.717, 1.165) is 43.3 Å². The fraction of sp³-hybridized carbons (Fsp3) is 0.333. The number of fused-ring (bicyclic) bond motifs is 1. The lowest BCUT2D eigenvalue weighted by Crippen LogP contribution is -2.43. The summed E-state index contributed by atoms with van der Waals surface area (Å²) in [7, 11) is 0. The molecule has 1 fully saturated rings. The third-order valence-electron chi connectivity index (χ3n) is 5.37. The number of alkyl halides is 2. The number of aromatic nitrogens is 2. The molecule has 3 aromatic rings. The van der Waals surface area contributed by atoms with Crippen molar-refractivity contribution in [1.29, 1.82) is 0 Å². The van der Waals surface area contributed by atoms with Crippen molar-refractivity contribution < 1.29 is 18.0 Å². The van der Waals surface area contributed by atoms with Crippen molar-refractivity contribution in [2.45, 2.75) is 19.4 Å². The summed E-state index contributed by atoms with van der Waals surface area (Å²) in [6.07, 6.45) is -1.28. The van der Waals surface area contributed by atoms with Crippen LogP contribution in [-0.2, 0) is 0 Å². The molecule has 1 atom stereocenters. The maximum atomic E-state index is 14.5. The zero-order chi connectivity index (χ0) is 21.3. The van der Waals surface area contributed by atoms with Gasteiger partial charge in [0.15, 0.2) is 0 Å². The van der Waals surface area contributed by atoms with E-state index in [1.54, 1.807) is 19.2 Å². The Balaban J connectivity index is 1.63. The van der Waals surface area contributed by atoms with Gasteiger partial charge in [-0.3, -0.25) is 9.89 Å². The molecule has 0 saturated carbocycles. The molecule has 2 aromatic carbocycles. The van der Waals surface area contributed by atoms with E-state index in [1.807, 2.05) is 6.07 Å². The molecule has 1 aliphatic heterocycles. The Morgan fingerprint density at radius 3 is 2.67 bits per heavy atom. The van der Waals surface area contributed by atoms with Crippen LogP contribution in [0.5, 0.6) is 0 Å². The van der Waals surface area contributed by atoms with Gasteiger partial charge in [-0.2, -0.15) is 5.10 Å². The first-order valence-electron chi connectivity index (χ1n) is 9.76. The second-order valence-electron chi connectivity index (χ2n) is 7.31. The molecule has 0 unspecified atom stereocenters. The first-order valence-corrected chi connectivity index (χ1v) is 9.76. The molecule has 9 heteroatoms. The first-order chi connectivity index (χ1) is 14.5. The first kappa shape index (κ1) is 20.2. The highest BCUT2D eigenvalue weighted by atomic mass is 19.3. The number of halogens is 3. The number of amides is 1. The smallest absolute Gasteiger partial charge is 0.266 e. The molecule has 6 nitrogen and oxygen atoms in total. The van der Waals surface area contributed by atoms with Crippen LogP contribution in [0.25, 0.3) is 10.9 Å². The van der Waals surface area contributed by atoms with Crippen LogP contribution >= 0.6 is 0 Å². The van der Waals surface area contributed by atoms with E-state index < -0.39 is 29.8 Å². The van der Waals surface area contributed by atoms with Gasteiger partial charge in [-0.05, 0) is 19.1 Å². The van der Waals surface area contributed by atoms with Gasteiger partial charge in [-0.1, -0.05) is 18.2 Å². The van der Waals surface area contributed by atoms with Crippen molar-refractivity contribution in [1.82, 2.24) is 20.8 Å². The van der Waals surface area contributed by atoms with Gasteiger partial charge in [-0.15, -0.1) is 0 Å². The number of hydrogen-bond acceptors (Lipinski definition) is 4. The van der Waals surface area contributed by atoms with Crippen LogP contribution in [0.1, 0.15) is 40.9 Å². The van der Waals surface area contributed by atoms with E-state index in [9.17, 15) is 18.0 Å². The number of aromatic amines is 1. The predicted octanol–water partition coefficient (Wildman–Crippen LogP) is 3.54. The predicted molar refractivity (Wildman–Crippen MR) is 108 cm³/mol. The zero-order valence-corrected chi connectivity index (χ0v) is 16.4. The molecule has 1 amide bonds. The highest BCUT2D eigenvalue weighted by molar-refractivity contribution is 6.07. The Labute approximate surface area is 171 Å². The van der Waals surface area contributed by atoms with Gasteiger partial charge in [0.1, 0.15) is 5.82 Å². The van der Waals surface area contributed by atoms with Gasteiger partial charge in [0.2, 0.25) is 0 Å². The number of hydrogen-bond donors (Lipinski definition) is 3. The number of nitrogens with one attached hydrogen (secondary N) is 3. The van der Waals surface area contributed by atoms with Gasteiger partial charge in [-0.25, -0.2) is 13.2 Å². The fourth-order valence-corrected chi connectivity index (χ4v) is 3.75. The maximum absolute atomic E-state index is 14.5. The van der Waals surface area contributed by atoms with Crippen LogP contribution < -0.4 is 15.5 Å². The highest BCUT2D eigenvalue weighted by Crippen LogP contribution is 2.29. The maximum Gasteiger partial charge on any atom is 0.266 e. The van der Waals surface area contributed by atoms with E-state index in [1.165, 1.54) is 12.1 Å². The summed E-state index contributed by atoms with van der Waals surface area (Å²) >= 11 is 0. The van der Waals surface area contributed by atoms with Crippen LogP contribution in [0.15, 0.2) is 36.5 Å². The molecule has 1 aliphatic rings. The normalized spacial score (nSPS) is 15.6. The SMILES string of the molecule is C[C@@H](NC(=O)c1cc(N2CCNCC2)cc2cn[nH]c12)c1cccc(C(F)F)c1F. The molecule has 0 bridgehead atoms. The summed E-state index contributed by atoms with van der Waals surface area (Å²) in [6, 6.07) is 6.76. The lowest BCUT2D eigenvalue weighted by atomic mass is 10.0. The van der Waals surface area contributed by atoms with Gasteiger partial charge < -0.3 is 15.5 Å². The molecule has 0 aliphatic carbocycles. The largest absolute Gasteiger partial charge is 0.369 e. The van der Waals surface area contributed by atoms with E-state index in [-0.39, 0.29) is 5.56 Å². The van der Waals surface area contributed by atoms with Crippen LogP contribution in [-0.4, -0.2) is 42.3 Å². The molecule has 0 spiro atoms. The minimum Gasteiger partial charge on any atom is -0.369 e. The summed E-state index contributed by atoms with van der Waals surface area (Å²) in [5.41, 5.74) is 1.18. The van der Waals surface area contributed by atoms with Crippen LogP contribution in [0.4, 0.5) is 18.9 Å². The number of H-pyrrole nitrogens is 1. The molecule has 4 rings (SSSR count). The summed E-state index contributed by atoms with van der Waals surface area (Å²) in [4.78, 5) is 15.2. The Morgan fingerprint density at radius 2 is 1.93 bits per heavy atom. The average Bonchev–Trinajstić information content (AvgIpc) is 3.22. The number of benzene rings is 2. The van der Waals surface area contributed by atoms with Crippen molar-refractivity contribution in [3.8, 4) is 0 Å². The molecule has 2 heterocycles. The van der Waals surface area contributed by atoms with E-state index in [4.69, 9.17) is 0 Å². The second kappa shape index (κ2) is 8.35. The average molecular weight is 417 g/mol. The monoisotopic (exact) mass is 417 g/mol. The molecule has 1 aromatic heterocycles. The minimum absolute atomic E-state index is 0.0141. The number of piperazine rings is 1. The standard InChI is InChI=1S/C21H22F3N5O/c1-12(15-3-2-4-16(18(15)22)20(23)24)27-21(30)17-10-14(29-7-5-25-6-8-29)9-13-11-26-28-19(13)17/h2-4,9-12,20,25H,5-8H2,1H3,(H,26,28)(H,27,30)/t12-/m1/s1. The van der Waals surface area contributed by atoms with Crippen molar-refractivity contribution in [2.75, 3.05) is 31.1 Å². The van der Waals surface area contributed by atoms with E-state index in [0.29, 0.717) is 11.1 Å². The van der Waals surface area contributed by atoms with Gasteiger partial charge in [0, 0.05) is 42.8 Å². The third-order valence-corrected chi connectivity index (χ3v) is 5.37. The molecule has 30 heavy (non-hydrogen) atoms. The number of nitrogens with zero attached hydrogens (tertiary/aromatic N) is 2. The Morgan fingerprint density at radius 1 is 1.20 bits per heavy atom. The summed E-state index contributed by atoms with van der Waals surface area (Å²) in [6.45, 7) is 4.89. The minimum atomic E-state index is -2.92. The number of carbonyl (C=O) groups is 1. The van der Waals surface area contributed by atoms with Gasteiger partial charge in [0.05, 0.1) is 28.9 Å². The summed E-state index contributed by atoms with van der Waals surface area (Å²) in [5.74, 6) is -1.43. The van der Waals surface area contributed by atoms with Gasteiger partial charge >= 0.3 is 0 Å². The fourth-order valence-electron chi connectivity index (χ4n) is 3.75. The number of carbonyl (C=O) groups excluding carboxylic acids is 1. The third kappa shape index (κ3) is 3.85. The van der Waals surface area contributed by atoms with Crippen molar-refractivity contribution >= 4 is 22.5 Å². The summed E-state index contributed by atoms with van der Waals surface area (Å²) in [5, 5.41) is 13.7. The molecular formula is C21H22F3N5O.